The van der Waals surface area contributed by atoms with Gasteiger partial charge in [0.05, 0.1) is 0 Å². The smallest absolute Gasteiger partial charge is 0.204 e. The number of hydrogen-bond donors (Lipinski definition) is 0. The highest BCUT2D eigenvalue weighted by Gasteiger charge is 2.19. The van der Waals surface area contributed by atoms with Gasteiger partial charge in [-0.25, -0.2) is 0 Å². The lowest BCUT2D eigenvalue weighted by Gasteiger charge is -2.15. The van der Waals surface area contributed by atoms with Crippen LogP contribution in [0.4, 0.5) is 0 Å². The first kappa shape index (κ1) is 7.16. The second kappa shape index (κ2) is 2.86. The lowest BCUT2D eigenvalue weighted by molar-refractivity contribution is 0.472. The Kier molecular flexibility index (Phi) is 1.86. The molecule has 0 fully saturated rings. The van der Waals surface area contributed by atoms with Crippen molar-refractivity contribution in [2.75, 3.05) is 0 Å². The fraction of sp³-hybridized carbons (Fsp3) is 0.556. The van der Waals surface area contributed by atoms with Gasteiger partial charge in [0.15, 0.2) is 0 Å². The average Bonchev–Trinajstić information content (AvgIpc) is 2.47. The van der Waals surface area contributed by atoms with E-state index in [2.05, 4.69) is 6.08 Å². The van der Waals surface area contributed by atoms with Crippen molar-refractivity contribution in [1.82, 2.24) is 0 Å². The van der Waals surface area contributed by atoms with Crippen LogP contribution in [0.1, 0.15) is 32.1 Å². The van der Waals surface area contributed by atoms with E-state index in [1.807, 2.05) is 0 Å². The van der Waals surface area contributed by atoms with Crippen molar-refractivity contribution in [3.8, 4) is 0 Å². The molecule has 0 atom stereocenters. The Balaban J connectivity index is 2.22. The number of rotatable bonds is 1. The third-order valence-corrected chi connectivity index (χ3v) is 3.07. The fourth-order valence-electron chi connectivity index (χ4n) is 2.04. The summed E-state index contributed by atoms with van der Waals surface area (Å²) in [5.74, 6) is 1.21. The fourth-order valence-corrected chi connectivity index (χ4v) is 2.45. The van der Waals surface area contributed by atoms with Gasteiger partial charge in [0.25, 0.3) is 0 Å². The zero-order valence-electron chi connectivity index (χ0n) is 7.02. The summed E-state index contributed by atoms with van der Waals surface area (Å²) in [6, 6.07) is 0. The van der Waals surface area contributed by atoms with E-state index < -0.39 is 0 Å². The van der Waals surface area contributed by atoms with Gasteiger partial charge in [-0.3, -0.25) is 0 Å². The SMILES string of the molecule is [SiH3]OC1=CCC2=C1CCCC2. The topological polar surface area (TPSA) is 9.23 Å². The lowest BCUT2D eigenvalue weighted by atomic mass is 9.93. The summed E-state index contributed by atoms with van der Waals surface area (Å²) in [5.41, 5.74) is 3.20. The molecular weight excluding hydrogens is 152 g/mol. The van der Waals surface area contributed by atoms with Crippen LogP contribution in [0.15, 0.2) is 23.0 Å². The molecule has 0 heterocycles. The molecule has 0 aromatic carbocycles. The van der Waals surface area contributed by atoms with E-state index in [4.69, 9.17) is 4.43 Å². The van der Waals surface area contributed by atoms with Crippen LogP contribution in [0.25, 0.3) is 0 Å². The predicted molar refractivity (Wildman–Crippen MR) is 49.2 cm³/mol. The van der Waals surface area contributed by atoms with Gasteiger partial charge in [0.2, 0.25) is 10.5 Å². The predicted octanol–water partition coefficient (Wildman–Crippen LogP) is 1.44. The zero-order valence-corrected chi connectivity index (χ0v) is 9.02. The molecule has 0 radical (unpaired) electrons. The first-order chi connectivity index (χ1) is 5.42. The van der Waals surface area contributed by atoms with Crippen molar-refractivity contribution in [2.24, 2.45) is 0 Å². The molecule has 0 amide bonds. The molecule has 0 aromatic rings. The summed E-state index contributed by atoms with van der Waals surface area (Å²) < 4.78 is 5.42. The van der Waals surface area contributed by atoms with E-state index in [1.165, 1.54) is 37.9 Å². The minimum absolute atomic E-state index is 0.840. The largest absolute Gasteiger partial charge is 0.553 e. The van der Waals surface area contributed by atoms with Crippen LogP contribution < -0.4 is 0 Å². The minimum Gasteiger partial charge on any atom is -0.553 e. The number of allylic oxidation sites excluding steroid dienone is 3. The molecule has 1 nitrogen and oxygen atoms in total. The van der Waals surface area contributed by atoms with Gasteiger partial charge in [0, 0.05) is 0 Å². The van der Waals surface area contributed by atoms with Gasteiger partial charge in [-0.05, 0) is 43.8 Å². The highest BCUT2D eigenvalue weighted by atomic mass is 28.2. The first-order valence-electron chi connectivity index (χ1n) is 4.37. The Morgan fingerprint density at radius 3 is 2.91 bits per heavy atom. The second-order valence-electron chi connectivity index (χ2n) is 3.27. The first-order valence-corrected chi connectivity index (χ1v) is 5.19. The van der Waals surface area contributed by atoms with Gasteiger partial charge in [-0.15, -0.1) is 0 Å². The Bertz CT molecular complexity index is 228. The van der Waals surface area contributed by atoms with Crippen LogP contribution in [-0.4, -0.2) is 10.5 Å². The molecule has 0 aromatic heterocycles. The highest BCUT2D eigenvalue weighted by molar-refractivity contribution is 5.99. The molecule has 2 aliphatic carbocycles. The minimum atomic E-state index is 0.840. The van der Waals surface area contributed by atoms with Crippen molar-refractivity contribution in [2.45, 2.75) is 32.1 Å². The van der Waals surface area contributed by atoms with E-state index in [-0.39, 0.29) is 0 Å². The molecule has 0 unspecified atom stereocenters. The van der Waals surface area contributed by atoms with Crippen molar-refractivity contribution < 1.29 is 4.43 Å². The summed E-state index contributed by atoms with van der Waals surface area (Å²) in [5, 5.41) is 0. The lowest BCUT2D eigenvalue weighted by Crippen LogP contribution is -1.98. The Morgan fingerprint density at radius 2 is 2.09 bits per heavy atom. The van der Waals surface area contributed by atoms with Crippen LogP contribution in [0, 0.1) is 0 Å². The second-order valence-corrected chi connectivity index (χ2v) is 3.67. The molecule has 2 aliphatic rings. The molecular formula is C9H14OSi. The maximum absolute atomic E-state index is 5.42. The van der Waals surface area contributed by atoms with Crippen molar-refractivity contribution in [3.05, 3.63) is 23.0 Å². The molecule has 11 heavy (non-hydrogen) atoms. The van der Waals surface area contributed by atoms with Gasteiger partial charge >= 0.3 is 0 Å². The van der Waals surface area contributed by atoms with E-state index >= 15 is 0 Å². The van der Waals surface area contributed by atoms with Gasteiger partial charge in [-0.1, -0.05) is 5.57 Å². The molecule has 60 valence electrons. The normalized spacial score (nSPS) is 23.5. The molecule has 0 N–H and O–H groups in total. The van der Waals surface area contributed by atoms with E-state index in [9.17, 15) is 0 Å². The maximum Gasteiger partial charge on any atom is 0.204 e. The Morgan fingerprint density at radius 1 is 1.27 bits per heavy atom. The molecule has 0 bridgehead atoms. The Hall–Kier alpha value is -0.503. The maximum atomic E-state index is 5.42. The molecule has 0 saturated heterocycles. The van der Waals surface area contributed by atoms with Crippen molar-refractivity contribution in [1.29, 1.82) is 0 Å². The van der Waals surface area contributed by atoms with Crippen LogP contribution in [0.2, 0.25) is 0 Å². The van der Waals surface area contributed by atoms with Gasteiger partial charge < -0.3 is 4.43 Å². The van der Waals surface area contributed by atoms with Crippen molar-refractivity contribution >= 4 is 10.5 Å². The summed E-state index contributed by atoms with van der Waals surface area (Å²) in [6.07, 6.45) is 8.77. The zero-order chi connectivity index (χ0) is 7.68. The van der Waals surface area contributed by atoms with E-state index in [0.717, 1.165) is 10.5 Å². The third-order valence-electron chi connectivity index (χ3n) is 2.63. The van der Waals surface area contributed by atoms with Gasteiger partial charge in [-0.2, -0.15) is 0 Å². The molecule has 2 heteroatoms. The highest BCUT2D eigenvalue weighted by Crippen LogP contribution is 2.36. The summed E-state index contributed by atoms with van der Waals surface area (Å²) in [7, 11) is 0.840. The monoisotopic (exact) mass is 166 g/mol. The van der Waals surface area contributed by atoms with Crippen molar-refractivity contribution in [3.63, 3.8) is 0 Å². The third kappa shape index (κ3) is 1.16. The molecule has 2 rings (SSSR count). The van der Waals surface area contributed by atoms with E-state index in [1.54, 1.807) is 11.1 Å². The molecule has 0 saturated carbocycles. The average molecular weight is 166 g/mol. The van der Waals surface area contributed by atoms with Crippen LogP contribution in [-0.2, 0) is 4.43 Å². The van der Waals surface area contributed by atoms with Gasteiger partial charge in [0.1, 0.15) is 5.76 Å². The van der Waals surface area contributed by atoms with Crippen LogP contribution in [0.5, 0.6) is 0 Å². The van der Waals surface area contributed by atoms with Crippen LogP contribution in [0.3, 0.4) is 0 Å². The standard InChI is InChI=1S/C9H14OSi/c11-10-9-6-5-7-3-1-2-4-8(7)9/h6H,1-5H2,11H3. The van der Waals surface area contributed by atoms with E-state index in [0.29, 0.717) is 0 Å². The quantitative estimate of drug-likeness (QED) is 0.536. The summed E-state index contributed by atoms with van der Waals surface area (Å²) in [4.78, 5) is 0. The summed E-state index contributed by atoms with van der Waals surface area (Å²) >= 11 is 0. The molecule has 0 spiro atoms. The van der Waals surface area contributed by atoms with Crippen LogP contribution >= 0.6 is 0 Å². The number of hydrogen-bond acceptors (Lipinski definition) is 1. The Labute approximate surface area is 70.7 Å². The summed E-state index contributed by atoms with van der Waals surface area (Å²) in [6.45, 7) is 0. The molecule has 0 aliphatic heterocycles.